The number of amides is 1. The van der Waals surface area contributed by atoms with Gasteiger partial charge in [-0.15, -0.1) is 5.10 Å². The summed E-state index contributed by atoms with van der Waals surface area (Å²) in [7, 11) is 4.54. The van der Waals surface area contributed by atoms with Gasteiger partial charge in [0.15, 0.2) is 11.5 Å². The fraction of sp³-hybridized carbons (Fsp3) is 0.250. The summed E-state index contributed by atoms with van der Waals surface area (Å²) in [6, 6.07) is 12.6. The zero-order valence-corrected chi connectivity index (χ0v) is 16.3. The van der Waals surface area contributed by atoms with E-state index in [0.29, 0.717) is 28.6 Å². The number of aromatic nitrogens is 2. The van der Waals surface area contributed by atoms with Crippen molar-refractivity contribution in [2.45, 2.75) is 6.42 Å². The van der Waals surface area contributed by atoms with E-state index in [1.54, 1.807) is 12.1 Å². The Morgan fingerprint density at radius 1 is 1.00 bits per heavy atom. The van der Waals surface area contributed by atoms with Crippen LogP contribution >= 0.6 is 0 Å². The van der Waals surface area contributed by atoms with Crippen LogP contribution in [0.3, 0.4) is 0 Å². The monoisotopic (exact) mass is 399 g/mol. The molecule has 3 aromatic rings. The van der Waals surface area contributed by atoms with Gasteiger partial charge in [0.05, 0.1) is 34.4 Å². The second kappa shape index (κ2) is 9.45. The lowest BCUT2D eigenvalue weighted by Crippen LogP contribution is -2.15. The first-order valence-corrected chi connectivity index (χ1v) is 8.76. The summed E-state index contributed by atoms with van der Waals surface area (Å²) in [6.45, 7) is 0.226. The van der Waals surface area contributed by atoms with Gasteiger partial charge in [0.1, 0.15) is 5.75 Å². The van der Waals surface area contributed by atoms with E-state index in [4.69, 9.17) is 23.4 Å². The van der Waals surface area contributed by atoms with Gasteiger partial charge in [-0.3, -0.25) is 10.1 Å². The predicted octanol–water partition coefficient (Wildman–Crippen LogP) is 3.17. The molecule has 152 valence electrons. The number of nitrogens with one attached hydrogen (secondary N) is 1. The summed E-state index contributed by atoms with van der Waals surface area (Å²) in [5.74, 6) is 1.93. The van der Waals surface area contributed by atoms with Crippen molar-refractivity contribution in [2.75, 3.05) is 33.3 Å². The number of hydrogen-bond donors (Lipinski definition) is 1. The summed E-state index contributed by atoms with van der Waals surface area (Å²) in [5, 5.41) is 10.4. The lowest BCUT2D eigenvalue weighted by Gasteiger charge is -2.12. The average Bonchev–Trinajstić information content (AvgIpc) is 3.21. The molecule has 0 bridgehead atoms. The number of carbonyl (C=O) groups excluding carboxylic acids is 1. The highest BCUT2D eigenvalue weighted by Crippen LogP contribution is 2.41. The molecule has 0 unspecified atom stereocenters. The number of para-hydroxylation sites is 1. The summed E-state index contributed by atoms with van der Waals surface area (Å²) >= 11 is 0. The maximum absolute atomic E-state index is 12.1. The number of hydrogen-bond acceptors (Lipinski definition) is 8. The van der Waals surface area contributed by atoms with Crippen LogP contribution in [0.25, 0.3) is 11.5 Å². The molecule has 0 saturated carbocycles. The number of carbonyl (C=O) groups is 1. The Hall–Kier alpha value is -3.75. The van der Waals surface area contributed by atoms with Crippen molar-refractivity contribution in [3.63, 3.8) is 0 Å². The highest BCUT2D eigenvalue weighted by atomic mass is 16.5. The van der Waals surface area contributed by atoms with Gasteiger partial charge < -0.3 is 23.4 Å². The van der Waals surface area contributed by atoms with Gasteiger partial charge in [0.2, 0.25) is 17.5 Å². The van der Waals surface area contributed by atoms with E-state index >= 15 is 0 Å². The van der Waals surface area contributed by atoms with Gasteiger partial charge in [-0.2, -0.15) is 0 Å². The molecule has 0 aliphatic heterocycles. The van der Waals surface area contributed by atoms with E-state index in [2.05, 4.69) is 15.5 Å². The Labute approximate surface area is 167 Å². The average molecular weight is 399 g/mol. The topological polar surface area (TPSA) is 105 Å². The molecule has 0 radical (unpaired) electrons. The van der Waals surface area contributed by atoms with E-state index in [1.165, 1.54) is 21.3 Å². The molecule has 1 N–H and O–H groups in total. The minimum Gasteiger partial charge on any atom is -0.493 e. The van der Waals surface area contributed by atoms with E-state index in [9.17, 15) is 4.79 Å². The molecular formula is C20H21N3O6. The van der Waals surface area contributed by atoms with Crippen LogP contribution in [0, 0.1) is 0 Å². The molecule has 29 heavy (non-hydrogen) atoms. The number of methoxy groups -OCH3 is 3. The number of ether oxygens (including phenoxy) is 4. The molecule has 0 atom stereocenters. The van der Waals surface area contributed by atoms with Crippen LogP contribution in [-0.2, 0) is 4.79 Å². The second-order valence-corrected chi connectivity index (χ2v) is 5.79. The lowest BCUT2D eigenvalue weighted by atomic mass is 10.2. The zero-order valence-electron chi connectivity index (χ0n) is 16.3. The third-order valence-electron chi connectivity index (χ3n) is 3.92. The number of anilines is 1. The molecule has 2 aromatic carbocycles. The molecule has 0 aliphatic carbocycles. The first-order chi connectivity index (χ1) is 14.1. The molecule has 3 rings (SSSR count). The molecule has 0 spiro atoms. The highest BCUT2D eigenvalue weighted by molar-refractivity contribution is 5.88. The van der Waals surface area contributed by atoms with Crippen LogP contribution in [-0.4, -0.2) is 44.0 Å². The Morgan fingerprint density at radius 3 is 2.31 bits per heavy atom. The van der Waals surface area contributed by atoms with Crippen LogP contribution < -0.4 is 24.3 Å². The van der Waals surface area contributed by atoms with E-state index in [0.717, 1.165) is 0 Å². The number of nitrogens with zero attached hydrogens (tertiary/aromatic N) is 2. The minimum absolute atomic E-state index is 0.0153. The van der Waals surface area contributed by atoms with Crippen LogP contribution in [0.5, 0.6) is 23.0 Å². The Kier molecular flexibility index (Phi) is 6.51. The second-order valence-electron chi connectivity index (χ2n) is 5.79. The highest BCUT2D eigenvalue weighted by Gasteiger charge is 2.18. The van der Waals surface area contributed by atoms with Crippen molar-refractivity contribution in [1.82, 2.24) is 10.2 Å². The third-order valence-corrected chi connectivity index (χ3v) is 3.92. The van der Waals surface area contributed by atoms with Crippen LogP contribution in [0.2, 0.25) is 0 Å². The molecule has 0 aliphatic rings. The smallest absolute Gasteiger partial charge is 0.322 e. The van der Waals surface area contributed by atoms with Crippen molar-refractivity contribution < 1.29 is 28.2 Å². The molecular weight excluding hydrogens is 378 g/mol. The predicted molar refractivity (Wildman–Crippen MR) is 105 cm³/mol. The minimum atomic E-state index is -0.305. The maximum atomic E-state index is 12.1. The molecule has 1 heterocycles. The summed E-state index contributed by atoms with van der Waals surface area (Å²) in [4.78, 5) is 12.1. The SMILES string of the molecule is COc1cc(-c2nnc(NC(=O)CCOc3ccccc3)o2)cc(OC)c1OC. The van der Waals surface area contributed by atoms with Gasteiger partial charge in [-0.25, -0.2) is 0 Å². The third kappa shape index (κ3) is 4.95. The molecule has 9 nitrogen and oxygen atoms in total. The van der Waals surface area contributed by atoms with Crippen molar-refractivity contribution in [1.29, 1.82) is 0 Å². The fourth-order valence-electron chi connectivity index (χ4n) is 2.56. The van der Waals surface area contributed by atoms with E-state index < -0.39 is 0 Å². The molecule has 1 amide bonds. The number of rotatable bonds is 9. The van der Waals surface area contributed by atoms with Gasteiger partial charge in [-0.1, -0.05) is 23.3 Å². The normalized spacial score (nSPS) is 10.3. The summed E-state index contributed by atoms with van der Waals surface area (Å²) < 4.78 is 26.9. The van der Waals surface area contributed by atoms with Crippen molar-refractivity contribution in [3.8, 4) is 34.5 Å². The number of benzene rings is 2. The van der Waals surface area contributed by atoms with Crippen LogP contribution in [0.4, 0.5) is 6.01 Å². The lowest BCUT2D eigenvalue weighted by molar-refractivity contribution is -0.116. The summed E-state index contributed by atoms with van der Waals surface area (Å²) in [5.41, 5.74) is 0.555. The van der Waals surface area contributed by atoms with Crippen molar-refractivity contribution in [3.05, 3.63) is 42.5 Å². The fourth-order valence-corrected chi connectivity index (χ4v) is 2.56. The standard InChI is InChI=1S/C20H21N3O6/c1-25-15-11-13(12-16(26-2)18(15)27-3)19-22-23-20(29-19)21-17(24)9-10-28-14-7-5-4-6-8-14/h4-8,11-12H,9-10H2,1-3H3,(H,21,23,24). The van der Waals surface area contributed by atoms with Crippen molar-refractivity contribution >= 4 is 11.9 Å². The van der Waals surface area contributed by atoms with E-state index in [1.807, 2.05) is 30.3 Å². The van der Waals surface area contributed by atoms with Gasteiger partial charge >= 0.3 is 6.01 Å². The zero-order chi connectivity index (χ0) is 20.6. The quantitative estimate of drug-likeness (QED) is 0.585. The molecule has 1 aromatic heterocycles. The summed E-state index contributed by atoms with van der Waals surface area (Å²) in [6.07, 6.45) is 0.136. The van der Waals surface area contributed by atoms with E-state index in [-0.39, 0.29) is 30.8 Å². The van der Waals surface area contributed by atoms with Crippen LogP contribution in [0.15, 0.2) is 46.9 Å². The van der Waals surface area contributed by atoms with Crippen molar-refractivity contribution in [2.24, 2.45) is 0 Å². The van der Waals surface area contributed by atoms with Gasteiger partial charge in [0.25, 0.3) is 0 Å². The largest absolute Gasteiger partial charge is 0.493 e. The first-order valence-electron chi connectivity index (χ1n) is 8.76. The molecule has 0 fully saturated rings. The molecule has 9 heteroatoms. The van der Waals surface area contributed by atoms with Gasteiger partial charge in [0, 0.05) is 5.56 Å². The van der Waals surface area contributed by atoms with Crippen LogP contribution in [0.1, 0.15) is 6.42 Å². The van der Waals surface area contributed by atoms with Gasteiger partial charge in [-0.05, 0) is 24.3 Å². The molecule has 0 saturated heterocycles. The first kappa shape index (κ1) is 20.0. The Bertz CT molecular complexity index is 933. The Morgan fingerprint density at radius 2 is 1.69 bits per heavy atom. The maximum Gasteiger partial charge on any atom is 0.322 e. The Balaban J connectivity index is 1.64.